The van der Waals surface area contributed by atoms with Gasteiger partial charge in [0.25, 0.3) is 0 Å². The maximum absolute atomic E-state index is 15.1. The standard InChI is InChI=1S/C31H39F5O/c1-2-3-4-5-6-7-21-8-9-23-17-24(11-10-22(23)16-21)25-12-14-27(28(32)18-25)26-13-15-30(29(33)19-26)37-20-31(34,35)36/h12-15,18-19,21-24H,2-11,16-17,20H2,1H3/t21?,22-,23-,24-/m1/s1. The summed E-state index contributed by atoms with van der Waals surface area (Å²) in [6.45, 7) is 0.679. The third-order valence-electron chi connectivity index (χ3n) is 8.54. The van der Waals surface area contributed by atoms with Crippen molar-refractivity contribution < 1.29 is 26.7 Å². The number of hydrogen-bond donors (Lipinski definition) is 0. The number of hydrogen-bond acceptors (Lipinski definition) is 1. The van der Waals surface area contributed by atoms with Crippen molar-refractivity contribution in [2.45, 2.75) is 96.1 Å². The van der Waals surface area contributed by atoms with Gasteiger partial charge in [-0.2, -0.15) is 13.2 Å². The zero-order chi connectivity index (χ0) is 26.4. The molecule has 0 heterocycles. The molecule has 2 aromatic rings. The molecule has 4 rings (SSSR count). The van der Waals surface area contributed by atoms with Gasteiger partial charge in [0, 0.05) is 5.56 Å². The van der Waals surface area contributed by atoms with E-state index in [1.807, 2.05) is 6.07 Å². The van der Waals surface area contributed by atoms with E-state index in [4.69, 9.17) is 0 Å². The second-order valence-electron chi connectivity index (χ2n) is 11.2. The van der Waals surface area contributed by atoms with Crippen molar-refractivity contribution in [3.05, 3.63) is 53.6 Å². The summed E-state index contributed by atoms with van der Waals surface area (Å²) in [6.07, 6.45) is 10.9. The fourth-order valence-electron chi connectivity index (χ4n) is 6.55. The third-order valence-corrected chi connectivity index (χ3v) is 8.54. The molecule has 0 spiro atoms. The first kappa shape index (κ1) is 27.9. The van der Waals surface area contributed by atoms with Crippen LogP contribution < -0.4 is 4.74 Å². The van der Waals surface area contributed by atoms with Crippen LogP contribution in [0.4, 0.5) is 22.0 Å². The minimum atomic E-state index is -4.56. The normalized spacial score (nSPS) is 24.1. The maximum atomic E-state index is 15.1. The average Bonchev–Trinajstić information content (AvgIpc) is 2.87. The van der Waals surface area contributed by atoms with E-state index in [2.05, 4.69) is 11.7 Å². The second kappa shape index (κ2) is 12.6. The van der Waals surface area contributed by atoms with E-state index in [0.29, 0.717) is 5.92 Å². The highest BCUT2D eigenvalue weighted by Crippen LogP contribution is 2.48. The van der Waals surface area contributed by atoms with Crippen LogP contribution in [0.5, 0.6) is 5.75 Å². The van der Waals surface area contributed by atoms with Crippen LogP contribution in [0.1, 0.15) is 95.5 Å². The van der Waals surface area contributed by atoms with Gasteiger partial charge in [-0.25, -0.2) is 8.78 Å². The van der Waals surface area contributed by atoms with Crippen molar-refractivity contribution in [2.75, 3.05) is 6.61 Å². The van der Waals surface area contributed by atoms with Crippen LogP contribution in [0, 0.1) is 29.4 Å². The summed E-state index contributed by atoms with van der Waals surface area (Å²) in [4.78, 5) is 0. The lowest BCUT2D eigenvalue weighted by atomic mass is 9.63. The molecule has 2 aliphatic carbocycles. The van der Waals surface area contributed by atoms with Gasteiger partial charge in [-0.3, -0.25) is 0 Å². The van der Waals surface area contributed by atoms with Crippen molar-refractivity contribution in [3.63, 3.8) is 0 Å². The first-order valence-corrected chi connectivity index (χ1v) is 14.0. The molecule has 2 fully saturated rings. The minimum Gasteiger partial charge on any atom is -0.481 e. The van der Waals surface area contributed by atoms with E-state index in [1.165, 1.54) is 70.3 Å². The highest BCUT2D eigenvalue weighted by molar-refractivity contribution is 5.65. The molecule has 2 aromatic carbocycles. The number of rotatable bonds is 10. The van der Waals surface area contributed by atoms with Gasteiger partial charge in [0.15, 0.2) is 18.2 Å². The van der Waals surface area contributed by atoms with Crippen LogP contribution in [-0.2, 0) is 0 Å². The Bertz CT molecular complexity index is 1020. The molecule has 0 N–H and O–H groups in total. The van der Waals surface area contributed by atoms with Crippen molar-refractivity contribution in [1.82, 2.24) is 0 Å². The summed E-state index contributed by atoms with van der Waals surface area (Å²) < 4.78 is 71.0. The Morgan fingerprint density at radius 2 is 1.57 bits per heavy atom. The van der Waals surface area contributed by atoms with Gasteiger partial charge in [0.1, 0.15) is 5.82 Å². The highest BCUT2D eigenvalue weighted by Gasteiger charge is 2.36. The summed E-state index contributed by atoms with van der Waals surface area (Å²) in [7, 11) is 0. The molecule has 204 valence electrons. The van der Waals surface area contributed by atoms with E-state index >= 15 is 4.39 Å². The highest BCUT2D eigenvalue weighted by atomic mass is 19.4. The lowest BCUT2D eigenvalue weighted by molar-refractivity contribution is -0.153. The lowest BCUT2D eigenvalue weighted by Gasteiger charge is -2.42. The molecule has 6 heteroatoms. The van der Waals surface area contributed by atoms with Crippen LogP contribution in [0.15, 0.2) is 36.4 Å². The van der Waals surface area contributed by atoms with Crippen LogP contribution in [0.25, 0.3) is 11.1 Å². The Balaban J connectivity index is 1.33. The molecular formula is C31H39F5O. The van der Waals surface area contributed by atoms with E-state index in [0.717, 1.165) is 48.3 Å². The van der Waals surface area contributed by atoms with Crippen LogP contribution in [-0.4, -0.2) is 12.8 Å². The predicted octanol–water partition coefficient (Wildman–Crippen LogP) is 10.2. The van der Waals surface area contributed by atoms with Crippen molar-refractivity contribution >= 4 is 0 Å². The van der Waals surface area contributed by atoms with Crippen LogP contribution >= 0.6 is 0 Å². The number of halogens is 5. The Kier molecular flexibility index (Phi) is 9.52. The molecule has 0 radical (unpaired) electrons. The summed E-state index contributed by atoms with van der Waals surface area (Å²) in [6, 6.07) is 8.69. The van der Waals surface area contributed by atoms with E-state index < -0.39 is 30.2 Å². The first-order valence-electron chi connectivity index (χ1n) is 14.0. The summed E-state index contributed by atoms with van der Waals surface area (Å²) in [5, 5.41) is 0. The number of alkyl halides is 3. The zero-order valence-corrected chi connectivity index (χ0v) is 21.8. The van der Waals surface area contributed by atoms with Gasteiger partial charge < -0.3 is 4.74 Å². The van der Waals surface area contributed by atoms with Crippen molar-refractivity contribution in [3.8, 4) is 16.9 Å². The van der Waals surface area contributed by atoms with Gasteiger partial charge in [-0.1, -0.05) is 70.1 Å². The minimum absolute atomic E-state index is 0.234. The number of ether oxygens (including phenoxy) is 1. The fourth-order valence-corrected chi connectivity index (χ4v) is 6.55. The molecule has 0 saturated heterocycles. The topological polar surface area (TPSA) is 9.23 Å². The van der Waals surface area contributed by atoms with Crippen LogP contribution in [0.2, 0.25) is 0 Å². The summed E-state index contributed by atoms with van der Waals surface area (Å²) >= 11 is 0. The predicted molar refractivity (Wildman–Crippen MR) is 138 cm³/mol. The van der Waals surface area contributed by atoms with Crippen molar-refractivity contribution in [2.24, 2.45) is 17.8 Å². The third kappa shape index (κ3) is 7.70. The molecule has 0 aromatic heterocycles. The van der Waals surface area contributed by atoms with Gasteiger partial charge >= 0.3 is 6.18 Å². The average molecular weight is 523 g/mol. The molecule has 1 unspecified atom stereocenters. The molecular weight excluding hydrogens is 483 g/mol. The van der Waals surface area contributed by atoms with Gasteiger partial charge in [0.05, 0.1) is 0 Å². The van der Waals surface area contributed by atoms with E-state index in [-0.39, 0.29) is 11.1 Å². The molecule has 0 bridgehead atoms. The zero-order valence-electron chi connectivity index (χ0n) is 21.8. The Labute approximate surface area is 217 Å². The lowest BCUT2D eigenvalue weighted by Crippen LogP contribution is -2.30. The Hall–Kier alpha value is -2.11. The maximum Gasteiger partial charge on any atom is 0.422 e. The summed E-state index contributed by atoms with van der Waals surface area (Å²) in [5.74, 6) is 0.856. The number of fused-ring (bicyclic) bond motifs is 1. The quantitative estimate of drug-likeness (QED) is 0.223. The Morgan fingerprint density at radius 3 is 2.30 bits per heavy atom. The number of unbranched alkanes of at least 4 members (excludes halogenated alkanes) is 4. The number of benzene rings is 2. The molecule has 0 aliphatic heterocycles. The first-order chi connectivity index (χ1) is 17.7. The molecule has 1 nitrogen and oxygen atoms in total. The monoisotopic (exact) mass is 522 g/mol. The van der Waals surface area contributed by atoms with Crippen molar-refractivity contribution in [1.29, 1.82) is 0 Å². The fraction of sp³-hybridized carbons (Fsp3) is 0.613. The van der Waals surface area contributed by atoms with E-state index in [1.54, 1.807) is 12.1 Å². The molecule has 2 aliphatic rings. The smallest absolute Gasteiger partial charge is 0.422 e. The van der Waals surface area contributed by atoms with E-state index in [9.17, 15) is 17.6 Å². The Morgan fingerprint density at radius 1 is 0.811 bits per heavy atom. The molecule has 4 atom stereocenters. The van der Waals surface area contributed by atoms with Gasteiger partial charge in [-0.05, 0) is 85.1 Å². The molecule has 0 amide bonds. The second-order valence-corrected chi connectivity index (χ2v) is 11.2. The SMILES string of the molecule is CCCCCCCC1CC[C@@H]2C[C@H](c3ccc(-c4ccc(OCC(F)(F)F)c(F)c4)c(F)c3)CC[C@@H]2C1. The van der Waals surface area contributed by atoms with Gasteiger partial charge in [0.2, 0.25) is 0 Å². The van der Waals surface area contributed by atoms with Gasteiger partial charge in [-0.15, -0.1) is 0 Å². The summed E-state index contributed by atoms with van der Waals surface area (Å²) in [5.41, 5.74) is 1.50. The van der Waals surface area contributed by atoms with Crippen LogP contribution in [0.3, 0.4) is 0 Å². The molecule has 37 heavy (non-hydrogen) atoms. The molecule has 2 saturated carbocycles. The largest absolute Gasteiger partial charge is 0.481 e.